The number of rotatable bonds is 10. The average Bonchev–Trinajstić information content (AvgIpc) is 2.51. The van der Waals surface area contributed by atoms with Gasteiger partial charge in [-0.25, -0.2) is 5.43 Å². The monoisotopic (exact) mass is 302 g/mol. The minimum Gasteiger partial charge on any atom is -0.273 e. The molecule has 0 saturated heterocycles. The summed E-state index contributed by atoms with van der Waals surface area (Å²) in [4.78, 5) is 11.9. The van der Waals surface area contributed by atoms with Gasteiger partial charge in [-0.05, 0) is 17.9 Å². The van der Waals surface area contributed by atoms with Crippen molar-refractivity contribution in [3.05, 3.63) is 35.9 Å². The first-order valence-electron chi connectivity index (χ1n) is 8.57. The van der Waals surface area contributed by atoms with Gasteiger partial charge in [-0.3, -0.25) is 4.79 Å². The Morgan fingerprint density at radius 1 is 1.05 bits per heavy atom. The van der Waals surface area contributed by atoms with Crippen LogP contribution in [0.1, 0.15) is 71.3 Å². The normalized spacial score (nSPS) is 11.7. The van der Waals surface area contributed by atoms with Crippen LogP contribution in [0.25, 0.3) is 0 Å². The number of amides is 1. The number of carbonyl (C=O) groups excluding carboxylic acids is 1. The van der Waals surface area contributed by atoms with E-state index in [0.29, 0.717) is 6.42 Å². The van der Waals surface area contributed by atoms with Gasteiger partial charge in [-0.15, -0.1) is 0 Å². The molecule has 0 heterocycles. The first-order valence-corrected chi connectivity index (χ1v) is 8.57. The van der Waals surface area contributed by atoms with Crippen molar-refractivity contribution in [2.45, 2.75) is 65.7 Å². The maximum Gasteiger partial charge on any atom is 0.240 e. The van der Waals surface area contributed by atoms with Gasteiger partial charge in [-0.1, -0.05) is 83.2 Å². The molecule has 0 atom stereocenters. The molecule has 3 nitrogen and oxygen atoms in total. The van der Waals surface area contributed by atoms with Gasteiger partial charge in [0.05, 0.1) is 5.71 Å². The van der Waals surface area contributed by atoms with Crippen LogP contribution in [0.3, 0.4) is 0 Å². The van der Waals surface area contributed by atoms with Crippen LogP contribution in [0.15, 0.2) is 35.4 Å². The third-order valence-electron chi connectivity index (χ3n) is 3.67. The first-order chi connectivity index (χ1) is 10.6. The molecule has 0 bridgehead atoms. The lowest BCUT2D eigenvalue weighted by atomic mass is 10.0. The standard InChI is InChI=1S/C19H30N2O/c1-4-5-6-7-8-12-15-18(22)20-21-19(16(2)3)17-13-10-9-11-14-17/h9-11,13-14,16H,4-8,12,15H2,1-3H3,(H,20,22)/b21-19+. The van der Waals surface area contributed by atoms with Crippen LogP contribution in [0.2, 0.25) is 0 Å². The van der Waals surface area contributed by atoms with Gasteiger partial charge in [0.2, 0.25) is 5.91 Å². The van der Waals surface area contributed by atoms with Crippen molar-refractivity contribution >= 4 is 11.6 Å². The highest BCUT2D eigenvalue weighted by atomic mass is 16.2. The third kappa shape index (κ3) is 7.39. The van der Waals surface area contributed by atoms with Crippen LogP contribution >= 0.6 is 0 Å². The quantitative estimate of drug-likeness (QED) is 0.372. The number of hydrazone groups is 1. The van der Waals surface area contributed by atoms with Crippen LogP contribution in [-0.2, 0) is 4.79 Å². The van der Waals surface area contributed by atoms with E-state index in [1.807, 2.05) is 30.3 Å². The zero-order valence-electron chi connectivity index (χ0n) is 14.3. The smallest absolute Gasteiger partial charge is 0.240 e. The molecule has 1 aromatic rings. The molecule has 1 N–H and O–H groups in total. The number of carbonyl (C=O) groups is 1. The summed E-state index contributed by atoms with van der Waals surface area (Å²) in [5.41, 5.74) is 4.71. The van der Waals surface area contributed by atoms with E-state index in [0.717, 1.165) is 24.1 Å². The lowest BCUT2D eigenvalue weighted by molar-refractivity contribution is -0.121. The second-order valence-corrected chi connectivity index (χ2v) is 6.07. The van der Waals surface area contributed by atoms with Crippen LogP contribution in [0.5, 0.6) is 0 Å². The fourth-order valence-corrected chi connectivity index (χ4v) is 2.38. The Labute approximate surface area is 135 Å². The molecule has 122 valence electrons. The molecule has 0 saturated carbocycles. The fraction of sp³-hybridized carbons (Fsp3) is 0.579. The van der Waals surface area contributed by atoms with Gasteiger partial charge < -0.3 is 0 Å². The van der Waals surface area contributed by atoms with Gasteiger partial charge in [0.1, 0.15) is 0 Å². The van der Waals surface area contributed by atoms with Gasteiger partial charge in [-0.2, -0.15) is 5.10 Å². The topological polar surface area (TPSA) is 41.5 Å². The van der Waals surface area contributed by atoms with Crippen LogP contribution < -0.4 is 5.43 Å². The number of hydrogen-bond acceptors (Lipinski definition) is 2. The summed E-state index contributed by atoms with van der Waals surface area (Å²) in [6.45, 7) is 6.39. The number of nitrogens with zero attached hydrogens (tertiary/aromatic N) is 1. The van der Waals surface area contributed by atoms with Crippen LogP contribution in [0.4, 0.5) is 0 Å². The van der Waals surface area contributed by atoms with Gasteiger partial charge in [0.15, 0.2) is 0 Å². The van der Waals surface area contributed by atoms with E-state index in [-0.39, 0.29) is 11.8 Å². The molecule has 0 fully saturated rings. The predicted molar refractivity (Wildman–Crippen MR) is 94.0 cm³/mol. The van der Waals surface area contributed by atoms with Crippen molar-refractivity contribution in [2.75, 3.05) is 0 Å². The Hall–Kier alpha value is -1.64. The van der Waals surface area contributed by atoms with Crippen molar-refractivity contribution < 1.29 is 4.79 Å². The highest BCUT2D eigenvalue weighted by Crippen LogP contribution is 2.09. The van der Waals surface area contributed by atoms with Crippen molar-refractivity contribution in [3.63, 3.8) is 0 Å². The van der Waals surface area contributed by atoms with Crippen LogP contribution in [0, 0.1) is 5.92 Å². The van der Waals surface area contributed by atoms with E-state index in [1.165, 1.54) is 25.7 Å². The van der Waals surface area contributed by atoms with E-state index in [2.05, 4.69) is 31.3 Å². The number of benzene rings is 1. The third-order valence-corrected chi connectivity index (χ3v) is 3.67. The maximum absolute atomic E-state index is 11.9. The zero-order chi connectivity index (χ0) is 16.2. The van der Waals surface area contributed by atoms with Gasteiger partial charge in [0.25, 0.3) is 0 Å². The molecular weight excluding hydrogens is 272 g/mol. The summed E-state index contributed by atoms with van der Waals surface area (Å²) in [7, 11) is 0. The minimum absolute atomic E-state index is 0.0181. The Morgan fingerprint density at radius 3 is 2.32 bits per heavy atom. The molecule has 22 heavy (non-hydrogen) atoms. The SMILES string of the molecule is CCCCCCCCC(=O)N/N=C(/c1ccccc1)C(C)C. The maximum atomic E-state index is 11.9. The van der Waals surface area contributed by atoms with Crippen LogP contribution in [-0.4, -0.2) is 11.6 Å². The van der Waals surface area contributed by atoms with E-state index >= 15 is 0 Å². The number of nitrogens with one attached hydrogen (secondary N) is 1. The Kier molecular flexibility index (Phi) is 9.20. The largest absolute Gasteiger partial charge is 0.273 e. The molecule has 1 rings (SSSR count). The Morgan fingerprint density at radius 2 is 1.68 bits per heavy atom. The number of unbranched alkanes of at least 4 members (excludes halogenated alkanes) is 5. The summed E-state index contributed by atoms with van der Waals surface area (Å²) in [6.07, 6.45) is 7.71. The molecule has 1 amide bonds. The Balaban J connectivity index is 2.39. The highest BCUT2D eigenvalue weighted by Gasteiger charge is 2.09. The van der Waals surface area contributed by atoms with Crippen molar-refractivity contribution in [2.24, 2.45) is 11.0 Å². The highest BCUT2D eigenvalue weighted by molar-refractivity contribution is 6.02. The molecule has 0 aliphatic heterocycles. The molecule has 0 spiro atoms. The molecule has 0 unspecified atom stereocenters. The van der Waals surface area contributed by atoms with E-state index in [4.69, 9.17) is 0 Å². The van der Waals surface area contributed by atoms with Crippen molar-refractivity contribution in [3.8, 4) is 0 Å². The van der Waals surface area contributed by atoms with Crippen molar-refractivity contribution in [1.29, 1.82) is 0 Å². The summed E-state index contributed by atoms with van der Waals surface area (Å²) in [5, 5.41) is 4.34. The average molecular weight is 302 g/mol. The summed E-state index contributed by atoms with van der Waals surface area (Å²) < 4.78 is 0. The van der Waals surface area contributed by atoms with E-state index < -0.39 is 0 Å². The lowest BCUT2D eigenvalue weighted by Gasteiger charge is -2.10. The lowest BCUT2D eigenvalue weighted by Crippen LogP contribution is -2.21. The fourth-order valence-electron chi connectivity index (χ4n) is 2.38. The van der Waals surface area contributed by atoms with Crippen molar-refractivity contribution in [1.82, 2.24) is 5.43 Å². The summed E-state index contributed by atoms with van der Waals surface area (Å²) in [6, 6.07) is 10.0. The summed E-state index contributed by atoms with van der Waals surface area (Å²) >= 11 is 0. The van der Waals surface area contributed by atoms with Gasteiger partial charge >= 0.3 is 0 Å². The second-order valence-electron chi connectivity index (χ2n) is 6.07. The number of hydrogen-bond donors (Lipinski definition) is 1. The molecule has 0 radical (unpaired) electrons. The van der Waals surface area contributed by atoms with Gasteiger partial charge in [0, 0.05) is 6.42 Å². The molecule has 1 aromatic carbocycles. The molecular formula is C19H30N2O. The Bertz CT molecular complexity index is 452. The second kappa shape index (κ2) is 11.0. The summed E-state index contributed by atoms with van der Waals surface area (Å²) in [5.74, 6) is 0.293. The molecule has 0 aromatic heterocycles. The molecule has 3 heteroatoms. The predicted octanol–water partition coefficient (Wildman–Crippen LogP) is 4.91. The zero-order valence-corrected chi connectivity index (χ0v) is 14.3. The van der Waals surface area contributed by atoms with E-state index in [9.17, 15) is 4.79 Å². The molecule has 0 aliphatic rings. The van der Waals surface area contributed by atoms with E-state index in [1.54, 1.807) is 0 Å². The first kappa shape index (κ1) is 18.4. The minimum atomic E-state index is 0.0181. The molecule has 0 aliphatic carbocycles.